The summed E-state index contributed by atoms with van der Waals surface area (Å²) in [6.07, 6.45) is 0.881. The minimum Gasteiger partial charge on any atom is -0.454 e. The van der Waals surface area contributed by atoms with E-state index in [9.17, 15) is 0 Å². The SMILES string of the molecule is CCc1c(C(C)=NNC(N)=S)oc2ccccc12. The number of nitrogens with one attached hydrogen (secondary N) is 1. The number of hydrazone groups is 1. The van der Waals surface area contributed by atoms with Gasteiger partial charge < -0.3 is 10.2 Å². The predicted molar refractivity (Wildman–Crippen MR) is 77.7 cm³/mol. The molecule has 1 aromatic heterocycles. The van der Waals surface area contributed by atoms with Crippen LogP contribution in [0.4, 0.5) is 0 Å². The van der Waals surface area contributed by atoms with Crippen LogP contribution in [0.25, 0.3) is 11.0 Å². The summed E-state index contributed by atoms with van der Waals surface area (Å²) in [5, 5.41) is 5.37. The smallest absolute Gasteiger partial charge is 0.184 e. The Labute approximate surface area is 111 Å². The van der Waals surface area contributed by atoms with Gasteiger partial charge in [-0.2, -0.15) is 5.10 Å². The highest BCUT2D eigenvalue weighted by Crippen LogP contribution is 2.26. The number of fused-ring (bicyclic) bond motifs is 1. The zero-order chi connectivity index (χ0) is 13.1. The van der Waals surface area contributed by atoms with E-state index in [1.807, 2.05) is 25.1 Å². The number of furan rings is 1. The second-order valence-corrected chi connectivity index (χ2v) is 4.37. The second kappa shape index (κ2) is 5.18. The topological polar surface area (TPSA) is 63.5 Å². The van der Waals surface area contributed by atoms with Crippen molar-refractivity contribution in [2.45, 2.75) is 20.3 Å². The molecule has 4 nitrogen and oxygen atoms in total. The number of hydrogen-bond donors (Lipinski definition) is 2. The minimum absolute atomic E-state index is 0.142. The molecule has 0 amide bonds. The molecule has 1 heterocycles. The van der Waals surface area contributed by atoms with Gasteiger partial charge in [0.2, 0.25) is 0 Å². The van der Waals surface area contributed by atoms with E-state index in [0.717, 1.165) is 34.4 Å². The molecule has 5 heteroatoms. The van der Waals surface area contributed by atoms with E-state index in [2.05, 4.69) is 23.5 Å². The van der Waals surface area contributed by atoms with Crippen molar-refractivity contribution in [3.8, 4) is 0 Å². The number of para-hydroxylation sites is 1. The van der Waals surface area contributed by atoms with Gasteiger partial charge in [0, 0.05) is 10.9 Å². The van der Waals surface area contributed by atoms with Crippen molar-refractivity contribution >= 4 is 34.0 Å². The average molecular weight is 261 g/mol. The first kappa shape index (κ1) is 12.6. The van der Waals surface area contributed by atoms with Crippen molar-refractivity contribution < 1.29 is 4.42 Å². The number of benzene rings is 1. The number of thiocarbonyl (C=S) groups is 1. The summed E-state index contributed by atoms with van der Waals surface area (Å²) in [7, 11) is 0. The highest BCUT2D eigenvalue weighted by Gasteiger charge is 2.14. The van der Waals surface area contributed by atoms with Crippen LogP contribution in [0.1, 0.15) is 25.2 Å². The normalized spacial score (nSPS) is 11.8. The minimum atomic E-state index is 0.142. The Bertz CT molecular complexity index is 616. The Morgan fingerprint density at radius 2 is 2.17 bits per heavy atom. The number of rotatable bonds is 3. The first-order chi connectivity index (χ1) is 8.63. The standard InChI is InChI=1S/C13H15N3OS/c1-3-9-10-6-4-5-7-11(10)17-12(9)8(2)15-16-13(14)18/h4-7H,3H2,1-2H3,(H3,14,16,18). The molecule has 0 unspecified atom stereocenters. The zero-order valence-corrected chi connectivity index (χ0v) is 11.2. The lowest BCUT2D eigenvalue weighted by Gasteiger charge is -2.01. The summed E-state index contributed by atoms with van der Waals surface area (Å²) in [6.45, 7) is 3.96. The van der Waals surface area contributed by atoms with E-state index in [1.54, 1.807) is 0 Å². The maximum Gasteiger partial charge on any atom is 0.184 e. The van der Waals surface area contributed by atoms with Gasteiger partial charge in [0.15, 0.2) is 10.9 Å². The van der Waals surface area contributed by atoms with E-state index < -0.39 is 0 Å². The Balaban J connectivity index is 2.50. The molecule has 94 valence electrons. The summed E-state index contributed by atoms with van der Waals surface area (Å²) in [5.41, 5.74) is 10.7. The van der Waals surface area contributed by atoms with Crippen LogP contribution in [-0.2, 0) is 6.42 Å². The molecule has 0 aliphatic rings. The number of nitrogens with zero attached hydrogens (tertiary/aromatic N) is 1. The van der Waals surface area contributed by atoms with Crippen molar-refractivity contribution in [1.82, 2.24) is 5.43 Å². The number of hydrogen-bond acceptors (Lipinski definition) is 3. The monoisotopic (exact) mass is 261 g/mol. The molecule has 0 saturated carbocycles. The van der Waals surface area contributed by atoms with E-state index in [0.29, 0.717) is 0 Å². The average Bonchev–Trinajstić information content (AvgIpc) is 2.74. The molecular formula is C13H15N3OS. The van der Waals surface area contributed by atoms with Crippen molar-refractivity contribution in [1.29, 1.82) is 0 Å². The van der Waals surface area contributed by atoms with Gasteiger partial charge in [-0.05, 0) is 31.6 Å². The van der Waals surface area contributed by atoms with Gasteiger partial charge >= 0.3 is 0 Å². The summed E-state index contributed by atoms with van der Waals surface area (Å²) in [6, 6.07) is 7.96. The summed E-state index contributed by atoms with van der Waals surface area (Å²) in [5.74, 6) is 0.780. The van der Waals surface area contributed by atoms with Gasteiger partial charge in [0.1, 0.15) is 11.3 Å². The fourth-order valence-electron chi connectivity index (χ4n) is 1.93. The summed E-state index contributed by atoms with van der Waals surface area (Å²) in [4.78, 5) is 0. The molecule has 18 heavy (non-hydrogen) atoms. The molecule has 0 bridgehead atoms. The van der Waals surface area contributed by atoms with Crippen LogP contribution in [0.3, 0.4) is 0 Å². The maximum absolute atomic E-state index is 5.83. The fraction of sp³-hybridized carbons (Fsp3) is 0.231. The molecule has 2 rings (SSSR count). The van der Waals surface area contributed by atoms with Crippen molar-refractivity contribution in [2.75, 3.05) is 0 Å². The quantitative estimate of drug-likeness (QED) is 0.506. The Hall–Kier alpha value is -1.88. The lowest BCUT2D eigenvalue weighted by Crippen LogP contribution is -2.25. The van der Waals surface area contributed by atoms with Crippen LogP contribution in [0, 0.1) is 0 Å². The first-order valence-electron chi connectivity index (χ1n) is 5.74. The van der Waals surface area contributed by atoms with E-state index in [1.165, 1.54) is 0 Å². The molecule has 0 spiro atoms. The molecule has 0 atom stereocenters. The predicted octanol–water partition coefficient (Wildman–Crippen LogP) is 2.55. The lowest BCUT2D eigenvalue weighted by molar-refractivity contribution is 0.598. The summed E-state index contributed by atoms with van der Waals surface area (Å²) < 4.78 is 5.83. The largest absolute Gasteiger partial charge is 0.454 e. The van der Waals surface area contributed by atoms with Gasteiger partial charge in [-0.3, -0.25) is 5.43 Å². The third-order valence-corrected chi connectivity index (χ3v) is 2.81. The van der Waals surface area contributed by atoms with Gasteiger partial charge in [-0.15, -0.1) is 0 Å². The maximum atomic E-state index is 5.83. The molecule has 2 aromatic rings. The molecule has 0 saturated heterocycles. The van der Waals surface area contributed by atoms with Crippen LogP contribution < -0.4 is 11.2 Å². The Morgan fingerprint density at radius 1 is 1.44 bits per heavy atom. The second-order valence-electron chi connectivity index (χ2n) is 3.93. The van der Waals surface area contributed by atoms with Gasteiger partial charge in [-0.25, -0.2) is 0 Å². The third kappa shape index (κ3) is 2.36. The van der Waals surface area contributed by atoms with Crippen molar-refractivity contribution in [3.63, 3.8) is 0 Å². The molecule has 0 fully saturated rings. The van der Waals surface area contributed by atoms with Gasteiger partial charge in [-0.1, -0.05) is 25.1 Å². The van der Waals surface area contributed by atoms with Crippen LogP contribution >= 0.6 is 12.2 Å². The van der Waals surface area contributed by atoms with Gasteiger partial charge in [0.25, 0.3) is 0 Å². The summed E-state index contributed by atoms with van der Waals surface area (Å²) >= 11 is 4.72. The van der Waals surface area contributed by atoms with Crippen LogP contribution in [0.15, 0.2) is 33.8 Å². The van der Waals surface area contributed by atoms with E-state index in [-0.39, 0.29) is 5.11 Å². The molecule has 3 N–H and O–H groups in total. The highest BCUT2D eigenvalue weighted by atomic mass is 32.1. The first-order valence-corrected chi connectivity index (χ1v) is 6.14. The zero-order valence-electron chi connectivity index (χ0n) is 10.4. The van der Waals surface area contributed by atoms with Crippen molar-refractivity contribution in [2.24, 2.45) is 10.8 Å². The molecular weight excluding hydrogens is 246 g/mol. The molecule has 1 aromatic carbocycles. The fourth-order valence-corrected chi connectivity index (χ4v) is 1.98. The Kier molecular flexibility index (Phi) is 3.62. The lowest BCUT2D eigenvalue weighted by atomic mass is 10.1. The molecule has 0 aliphatic heterocycles. The third-order valence-electron chi connectivity index (χ3n) is 2.71. The van der Waals surface area contributed by atoms with Crippen LogP contribution in [-0.4, -0.2) is 10.8 Å². The Morgan fingerprint density at radius 3 is 2.83 bits per heavy atom. The number of aryl methyl sites for hydroxylation is 1. The van der Waals surface area contributed by atoms with E-state index in [4.69, 9.17) is 22.4 Å². The van der Waals surface area contributed by atoms with Gasteiger partial charge in [0.05, 0.1) is 0 Å². The van der Waals surface area contributed by atoms with Crippen LogP contribution in [0.5, 0.6) is 0 Å². The molecule has 0 radical (unpaired) electrons. The van der Waals surface area contributed by atoms with E-state index >= 15 is 0 Å². The highest BCUT2D eigenvalue weighted by molar-refractivity contribution is 7.80. The van der Waals surface area contributed by atoms with Crippen molar-refractivity contribution in [3.05, 3.63) is 35.6 Å². The van der Waals surface area contributed by atoms with Crippen LogP contribution in [0.2, 0.25) is 0 Å². The molecule has 0 aliphatic carbocycles. The number of nitrogens with two attached hydrogens (primary N) is 1.